The Morgan fingerprint density at radius 1 is 0.680 bits per heavy atom. The van der Waals surface area contributed by atoms with Crippen molar-refractivity contribution in [3.8, 4) is 5.75 Å². The minimum absolute atomic E-state index is 0.00904. The standard InChI is InChI=1S/C6HCl5O.C6H12N4.C3H6/c7-1-2(8)4(10)6(12)5(11)3(1)9;1-7-2-9-4-8(1)5-10(3-7)6-9;1-3-2/h12H;1-6H2;3H,1H2,2H3. The minimum atomic E-state index is -0.363. The Morgan fingerprint density at radius 2 is 0.880 bits per heavy atom. The van der Waals surface area contributed by atoms with E-state index in [4.69, 9.17) is 58.0 Å². The molecular weight excluding hydrogens is 429 g/mol. The second-order valence-corrected chi connectivity index (χ2v) is 7.75. The first-order chi connectivity index (χ1) is 11.8. The average molecular weight is 449 g/mol. The van der Waals surface area contributed by atoms with Gasteiger partial charge in [-0.25, -0.2) is 0 Å². The van der Waals surface area contributed by atoms with E-state index in [1.54, 1.807) is 6.08 Å². The molecule has 10 heteroatoms. The van der Waals surface area contributed by atoms with Gasteiger partial charge in [0.1, 0.15) is 10.0 Å². The number of hydrogen-bond acceptors (Lipinski definition) is 5. The number of phenolic OH excluding ortho intramolecular Hbond substituents is 1. The highest BCUT2D eigenvalue weighted by Crippen LogP contribution is 2.47. The highest BCUT2D eigenvalue weighted by Gasteiger charge is 2.36. The molecular formula is C15H19Cl5N4O. The van der Waals surface area contributed by atoms with Crippen molar-refractivity contribution in [2.45, 2.75) is 6.92 Å². The lowest BCUT2D eigenvalue weighted by Gasteiger charge is -2.56. The summed E-state index contributed by atoms with van der Waals surface area (Å²) in [6.45, 7) is 12.4. The quantitative estimate of drug-likeness (QED) is 0.349. The van der Waals surface area contributed by atoms with Crippen LogP contribution in [0.25, 0.3) is 0 Å². The van der Waals surface area contributed by atoms with Crippen molar-refractivity contribution in [2.24, 2.45) is 0 Å². The topological polar surface area (TPSA) is 33.2 Å². The van der Waals surface area contributed by atoms with E-state index in [9.17, 15) is 5.11 Å². The van der Waals surface area contributed by atoms with E-state index in [0.717, 1.165) is 0 Å². The van der Waals surface area contributed by atoms with E-state index in [1.807, 2.05) is 6.92 Å². The molecule has 4 fully saturated rings. The fourth-order valence-corrected chi connectivity index (χ4v) is 3.96. The van der Waals surface area contributed by atoms with Crippen molar-refractivity contribution in [1.82, 2.24) is 19.6 Å². The van der Waals surface area contributed by atoms with Crippen molar-refractivity contribution in [1.29, 1.82) is 0 Å². The third-order valence-electron chi connectivity index (χ3n) is 3.59. The molecule has 4 saturated heterocycles. The maximum Gasteiger partial charge on any atom is 0.155 e. The molecule has 0 atom stereocenters. The van der Waals surface area contributed by atoms with Crippen molar-refractivity contribution >= 4 is 58.0 Å². The maximum atomic E-state index is 9.20. The predicted octanol–water partition coefficient (Wildman–Crippen LogP) is 4.83. The van der Waals surface area contributed by atoms with Gasteiger partial charge in [0.05, 0.1) is 55.1 Å². The summed E-state index contributed by atoms with van der Waals surface area (Å²) in [6, 6.07) is 0. The molecule has 0 saturated carbocycles. The molecule has 4 bridgehead atoms. The summed E-state index contributed by atoms with van der Waals surface area (Å²) in [6.07, 6.45) is 1.75. The van der Waals surface area contributed by atoms with E-state index in [-0.39, 0.29) is 30.9 Å². The Labute approximate surface area is 172 Å². The number of halogens is 5. The van der Waals surface area contributed by atoms with Crippen LogP contribution in [0, 0.1) is 0 Å². The number of nitrogens with zero attached hydrogens (tertiary/aromatic N) is 4. The Bertz CT molecular complexity index is 481. The zero-order valence-corrected chi connectivity index (χ0v) is 17.4. The van der Waals surface area contributed by atoms with E-state index in [0.29, 0.717) is 0 Å². The molecule has 1 N–H and O–H groups in total. The number of rotatable bonds is 0. The zero-order valence-electron chi connectivity index (χ0n) is 13.7. The molecule has 0 radical (unpaired) electrons. The van der Waals surface area contributed by atoms with E-state index in [1.165, 1.54) is 40.0 Å². The molecule has 25 heavy (non-hydrogen) atoms. The summed E-state index contributed by atoms with van der Waals surface area (Å²) < 4.78 is 0. The molecule has 1 aromatic rings. The van der Waals surface area contributed by atoms with E-state index < -0.39 is 0 Å². The second-order valence-electron chi connectivity index (χ2n) is 5.86. The van der Waals surface area contributed by atoms with Gasteiger partial charge in [-0.1, -0.05) is 64.1 Å². The van der Waals surface area contributed by atoms with E-state index in [2.05, 4.69) is 26.2 Å². The van der Waals surface area contributed by atoms with Crippen LogP contribution in [0.3, 0.4) is 0 Å². The Kier molecular flexibility index (Phi) is 7.95. The molecule has 0 aliphatic carbocycles. The lowest BCUT2D eigenvalue weighted by molar-refractivity contribution is -0.194. The van der Waals surface area contributed by atoms with Crippen LogP contribution in [0.1, 0.15) is 6.92 Å². The molecule has 0 amide bonds. The largest absolute Gasteiger partial charge is 0.505 e. The highest BCUT2D eigenvalue weighted by molar-refractivity contribution is 6.55. The molecule has 5 nitrogen and oxygen atoms in total. The summed E-state index contributed by atoms with van der Waals surface area (Å²) in [4.78, 5) is 9.88. The third kappa shape index (κ3) is 5.06. The van der Waals surface area contributed by atoms with E-state index >= 15 is 0 Å². The van der Waals surface area contributed by atoms with Gasteiger partial charge in [-0.3, -0.25) is 19.6 Å². The smallest absolute Gasteiger partial charge is 0.155 e. The van der Waals surface area contributed by atoms with Gasteiger partial charge in [0.15, 0.2) is 5.75 Å². The number of aromatic hydroxyl groups is 1. The summed E-state index contributed by atoms with van der Waals surface area (Å²) in [5, 5.41) is 9.01. The van der Waals surface area contributed by atoms with Gasteiger partial charge in [-0.2, -0.15) is 0 Å². The van der Waals surface area contributed by atoms with Gasteiger partial charge >= 0.3 is 0 Å². The van der Waals surface area contributed by atoms with Crippen LogP contribution in [0.2, 0.25) is 25.1 Å². The van der Waals surface area contributed by atoms with Crippen molar-refractivity contribution in [3.05, 3.63) is 37.8 Å². The Balaban J connectivity index is 0.000000157. The molecule has 4 aliphatic heterocycles. The molecule has 0 aromatic heterocycles. The van der Waals surface area contributed by atoms with Gasteiger partial charge in [0.2, 0.25) is 0 Å². The first kappa shape index (κ1) is 21.4. The van der Waals surface area contributed by atoms with Crippen molar-refractivity contribution in [2.75, 3.05) is 40.0 Å². The molecule has 5 rings (SSSR count). The van der Waals surface area contributed by atoms with Gasteiger partial charge < -0.3 is 5.11 Å². The van der Waals surface area contributed by atoms with Crippen LogP contribution in [-0.4, -0.2) is 64.7 Å². The Morgan fingerprint density at radius 3 is 1.12 bits per heavy atom. The van der Waals surface area contributed by atoms with Gasteiger partial charge in [0, 0.05) is 0 Å². The zero-order chi connectivity index (χ0) is 18.7. The average Bonchev–Trinajstić information content (AvgIpc) is 2.57. The fourth-order valence-electron chi connectivity index (χ4n) is 2.83. The maximum absolute atomic E-state index is 9.20. The van der Waals surface area contributed by atoms with Crippen LogP contribution in [0.4, 0.5) is 0 Å². The molecule has 4 aliphatic rings. The molecule has 1 aromatic carbocycles. The number of phenols is 1. The van der Waals surface area contributed by atoms with Crippen molar-refractivity contribution < 1.29 is 5.11 Å². The molecule has 140 valence electrons. The lowest BCUT2D eigenvalue weighted by atomic mass is 10.3. The van der Waals surface area contributed by atoms with Gasteiger partial charge in [-0.15, -0.1) is 6.58 Å². The fraction of sp³-hybridized carbons (Fsp3) is 0.467. The summed E-state index contributed by atoms with van der Waals surface area (Å²) in [5.74, 6) is -0.363. The monoisotopic (exact) mass is 446 g/mol. The second kappa shape index (κ2) is 9.31. The lowest BCUT2D eigenvalue weighted by Crippen LogP contribution is -2.71. The van der Waals surface area contributed by atoms with Crippen LogP contribution in [0.15, 0.2) is 12.7 Å². The first-order valence-electron chi connectivity index (χ1n) is 7.45. The van der Waals surface area contributed by atoms with Crippen LogP contribution in [0.5, 0.6) is 5.75 Å². The van der Waals surface area contributed by atoms with Crippen LogP contribution >= 0.6 is 58.0 Å². The molecule has 4 heterocycles. The minimum Gasteiger partial charge on any atom is -0.505 e. The van der Waals surface area contributed by atoms with Gasteiger partial charge in [-0.05, 0) is 6.92 Å². The van der Waals surface area contributed by atoms with Crippen LogP contribution in [-0.2, 0) is 0 Å². The SMILES string of the molecule is C1N2CN3CN1CN(C2)C3.C=CC.Oc1c(Cl)c(Cl)c(Cl)c(Cl)c1Cl. The van der Waals surface area contributed by atoms with Crippen molar-refractivity contribution in [3.63, 3.8) is 0 Å². The molecule has 0 spiro atoms. The third-order valence-corrected chi connectivity index (χ3v) is 5.84. The summed E-state index contributed by atoms with van der Waals surface area (Å²) in [7, 11) is 0. The predicted molar refractivity (Wildman–Crippen MR) is 106 cm³/mol. The highest BCUT2D eigenvalue weighted by atomic mass is 35.5. The number of allylic oxidation sites excluding steroid dienone is 1. The van der Waals surface area contributed by atoms with Crippen LogP contribution < -0.4 is 0 Å². The summed E-state index contributed by atoms with van der Waals surface area (Å²) >= 11 is 27.9. The van der Waals surface area contributed by atoms with Gasteiger partial charge in [0.25, 0.3) is 0 Å². The number of benzene rings is 1. The Hall–Kier alpha value is 0.0500. The first-order valence-corrected chi connectivity index (χ1v) is 9.34. The normalized spacial score (nSPS) is 28.6. The summed E-state index contributed by atoms with van der Waals surface area (Å²) in [5.41, 5.74) is 0. The molecule has 0 unspecified atom stereocenters. The number of hydrogen-bond donors (Lipinski definition) is 1.